The van der Waals surface area contributed by atoms with E-state index in [2.05, 4.69) is 45.9 Å². The van der Waals surface area contributed by atoms with Crippen molar-refractivity contribution < 1.29 is 0 Å². The summed E-state index contributed by atoms with van der Waals surface area (Å²) in [4.78, 5) is 2.43. The molecule has 1 unspecified atom stereocenters. The molecular formula is C12H18IN3. The van der Waals surface area contributed by atoms with Crippen molar-refractivity contribution in [2.75, 3.05) is 31.2 Å². The molecule has 88 valence electrons. The van der Waals surface area contributed by atoms with E-state index in [0.29, 0.717) is 6.04 Å². The molecule has 0 spiro atoms. The number of likely N-dealkylation sites (tertiary alicyclic amines) is 1. The average molecular weight is 331 g/mol. The maximum Gasteiger partial charge on any atom is 0.0477 e. The van der Waals surface area contributed by atoms with Gasteiger partial charge in [0.05, 0.1) is 0 Å². The lowest BCUT2D eigenvalue weighted by atomic mass is 10.2. The summed E-state index contributed by atoms with van der Waals surface area (Å²) < 4.78 is 1.19. The molecule has 3 N–H and O–H groups in total. The van der Waals surface area contributed by atoms with E-state index in [9.17, 15) is 0 Å². The predicted molar refractivity (Wildman–Crippen MR) is 77.7 cm³/mol. The van der Waals surface area contributed by atoms with E-state index in [-0.39, 0.29) is 0 Å². The van der Waals surface area contributed by atoms with Crippen molar-refractivity contribution in [1.29, 1.82) is 0 Å². The van der Waals surface area contributed by atoms with Gasteiger partial charge in [-0.2, -0.15) is 0 Å². The summed E-state index contributed by atoms with van der Waals surface area (Å²) in [5.74, 6) is 0. The molecule has 0 bridgehead atoms. The lowest BCUT2D eigenvalue weighted by Gasteiger charge is -2.20. The zero-order valence-electron chi connectivity index (χ0n) is 9.54. The van der Waals surface area contributed by atoms with Crippen LogP contribution in [0.5, 0.6) is 0 Å². The molecule has 1 heterocycles. The van der Waals surface area contributed by atoms with E-state index in [1.54, 1.807) is 0 Å². The Morgan fingerprint density at radius 3 is 3.00 bits per heavy atom. The van der Waals surface area contributed by atoms with Gasteiger partial charge in [-0.25, -0.2) is 0 Å². The highest BCUT2D eigenvalue weighted by Gasteiger charge is 2.20. The van der Waals surface area contributed by atoms with Crippen molar-refractivity contribution in [3.63, 3.8) is 0 Å². The smallest absolute Gasteiger partial charge is 0.0477 e. The SMILES string of the molecule is CN1CCCC1CNc1ccc(N)cc1I. The molecule has 0 radical (unpaired) electrons. The van der Waals surface area contributed by atoms with E-state index in [0.717, 1.165) is 12.2 Å². The maximum atomic E-state index is 5.73. The molecule has 1 aliphatic heterocycles. The van der Waals surface area contributed by atoms with E-state index in [1.807, 2.05) is 12.1 Å². The highest BCUT2D eigenvalue weighted by atomic mass is 127. The van der Waals surface area contributed by atoms with E-state index in [4.69, 9.17) is 5.73 Å². The Kier molecular flexibility index (Phi) is 3.91. The number of rotatable bonds is 3. The first-order valence-electron chi connectivity index (χ1n) is 5.66. The zero-order valence-corrected chi connectivity index (χ0v) is 11.7. The second kappa shape index (κ2) is 5.23. The molecule has 1 atom stereocenters. The summed E-state index contributed by atoms with van der Waals surface area (Å²) in [5.41, 5.74) is 7.74. The third-order valence-corrected chi connectivity index (χ3v) is 4.09. The number of nitrogen functional groups attached to an aromatic ring is 1. The summed E-state index contributed by atoms with van der Waals surface area (Å²) in [6.07, 6.45) is 2.62. The van der Waals surface area contributed by atoms with Crippen molar-refractivity contribution in [3.05, 3.63) is 21.8 Å². The van der Waals surface area contributed by atoms with Crippen LogP contribution in [0.25, 0.3) is 0 Å². The third kappa shape index (κ3) is 2.79. The summed E-state index contributed by atoms with van der Waals surface area (Å²) in [6.45, 7) is 2.25. The van der Waals surface area contributed by atoms with Crippen LogP contribution in [-0.4, -0.2) is 31.1 Å². The summed E-state index contributed by atoms with van der Waals surface area (Å²) >= 11 is 2.32. The second-order valence-electron chi connectivity index (χ2n) is 4.40. The first-order valence-corrected chi connectivity index (χ1v) is 6.74. The fraction of sp³-hybridized carbons (Fsp3) is 0.500. The lowest BCUT2D eigenvalue weighted by Crippen LogP contribution is -2.31. The van der Waals surface area contributed by atoms with Crippen molar-refractivity contribution in [2.24, 2.45) is 0 Å². The van der Waals surface area contributed by atoms with Crippen LogP contribution in [0.15, 0.2) is 18.2 Å². The lowest BCUT2D eigenvalue weighted by molar-refractivity contribution is 0.322. The Morgan fingerprint density at radius 2 is 2.38 bits per heavy atom. The molecule has 2 rings (SSSR count). The number of hydrogen-bond acceptors (Lipinski definition) is 3. The highest BCUT2D eigenvalue weighted by Crippen LogP contribution is 2.22. The monoisotopic (exact) mass is 331 g/mol. The molecule has 1 fully saturated rings. The van der Waals surface area contributed by atoms with Crippen LogP contribution in [-0.2, 0) is 0 Å². The van der Waals surface area contributed by atoms with Gasteiger partial charge in [-0.1, -0.05) is 0 Å². The van der Waals surface area contributed by atoms with Gasteiger partial charge < -0.3 is 16.0 Å². The minimum Gasteiger partial charge on any atom is -0.399 e. The van der Waals surface area contributed by atoms with Gasteiger partial charge in [-0.05, 0) is 67.2 Å². The standard InChI is InChI=1S/C12H18IN3/c1-16-6-2-3-10(16)8-15-12-5-4-9(14)7-11(12)13/h4-5,7,10,15H,2-3,6,8,14H2,1H3. The molecule has 16 heavy (non-hydrogen) atoms. The Balaban J connectivity index is 1.94. The van der Waals surface area contributed by atoms with Gasteiger partial charge in [-0.15, -0.1) is 0 Å². The van der Waals surface area contributed by atoms with Gasteiger partial charge in [0.25, 0.3) is 0 Å². The van der Waals surface area contributed by atoms with E-state index >= 15 is 0 Å². The highest BCUT2D eigenvalue weighted by molar-refractivity contribution is 14.1. The topological polar surface area (TPSA) is 41.3 Å². The van der Waals surface area contributed by atoms with Gasteiger partial charge in [0, 0.05) is 27.5 Å². The second-order valence-corrected chi connectivity index (χ2v) is 5.56. The number of anilines is 2. The van der Waals surface area contributed by atoms with Crippen molar-refractivity contribution in [2.45, 2.75) is 18.9 Å². The van der Waals surface area contributed by atoms with E-state index in [1.165, 1.54) is 28.6 Å². The van der Waals surface area contributed by atoms with E-state index < -0.39 is 0 Å². The molecule has 1 aliphatic rings. The Hall–Kier alpha value is -0.490. The normalized spacial score (nSPS) is 21.2. The van der Waals surface area contributed by atoms with Crippen LogP contribution >= 0.6 is 22.6 Å². The number of likely N-dealkylation sites (N-methyl/N-ethyl adjacent to an activating group) is 1. The van der Waals surface area contributed by atoms with Gasteiger partial charge in [0.1, 0.15) is 0 Å². The molecular weight excluding hydrogens is 313 g/mol. The number of nitrogens with two attached hydrogens (primary N) is 1. The first kappa shape index (κ1) is 12.0. The van der Waals surface area contributed by atoms with Crippen LogP contribution < -0.4 is 11.1 Å². The quantitative estimate of drug-likeness (QED) is 0.660. The Bertz CT molecular complexity index is 367. The Labute approximate surface area is 111 Å². The first-order chi connectivity index (χ1) is 7.66. The maximum absolute atomic E-state index is 5.73. The van der Waals surface area contributed by atoms with Crippen molar-refractivity contribution >= 4 is 34.0 Å². The van der Waals surface area contributed by atoms with Crippen LogP contribution in [0.1, 0.15) is 12.8 Å². The van der Waals surface area contributed by atoms with Gasteiger partial charge in [0.2, 0.25) is 0 Å². The van der Waals surface area contributed by atoms with Gasteiger partial charge >= 0.3 is 0 Å². The van der Waals surface area contributed by atoms with Crippen LogP contribution in [0.4, 0.5) is 11.4 Å². The minimum absolute atomic E-state index is 0.674. The molecule has 0 amide bonds. The van der Waals surface area contributed by atoms with Crippen molar-refractivity contribution in [3.8, 4) is 0 Å². The molecule has 0 aromatic heterocycles. The molecule has 1 aromatic rings. The summed E-state index contributed by atoms with van der Waals surface area (Å²) in [6, 6.07) is 6.68. The number of nitrogens with one attached hydrogen (secondary N) is 1. The molecule has 1 aromatic carbocycles. The van der Waals surface area contributed by atoms with Crippen LogP contribution in [0.2, 0.25) is 0 Å². The summed E-state index contributed by atoms with van der Waals surface area (Å²) in [7, 11) is 2.20. The molecule has 4 heteroatoms. The number of nitrogens with zero attached hydrogens (tertiary/aromatic N) is 1. The van der Waals surface area contributed by atoms with Gasteiger partial charge in [-0.3, -0.25) is 0 Å². The fourth-order valence-electron chi connectivity index (χ4n) is 2.14. The van der Waals surface area contributed by atoms with Crippen LogP contribution in [0, 0.1) is 3.57 Å². The molecule has 1 saturated heterocycles. The zero-order chi connectivity index (χ0) is 11.5. The number of halogens is 1. The molecule has 0 saturated carbocycles. The van der Waals surface area contributed by atoms with Gasteiger partial charge in [0.15, 0.2) is 0 Å². The minimum atomic E-state index is 0.674. The summed E-state index contributed by atoms with van der Waals surface area (Å²) in [5, 5.41) is 3.51. The molecule has 0 aliphatic carbocycles. The molecule has 3 nitrogen and oxygen atoms in total. The predicted octanol–water partition coefficient (Wildman–Crippen LogP) is 2.38. The van der Waals surface area contributed by atoms with Crippen LogP contribution in [0.3, 0.4) is 0 Å². The van der Waals surface area contributed by atoms with Crippen molar-refractivity contribution in [1.82, 2.24) is 4.90 Å². The third-order valence-electron chi connectivity index (χ3n) is 3.19. The fourth-order valence-corrected chi connectivity index (χ4v) is 2.87. The number of hydrogen-bond donors (Lipinski definition) is 2. The number of benzene rings is 1. The largest absolute Gasteiger partial charge is 0.399 e. The Morgan fingerprint density at radius 1 is 1.56 bits per heavy atom. The average Bonchev–Trinajstić information content (AvgIpc) is 2.63.